The largest absolute Gasteiger partial charge is 0.289 e. The van der Waals surface area contributed by atoms with Crippen molar-refractivity contribution in [2.24, 2.45) is 0 Å². The second-order valence-corrected chi connectivity index (χ2v) is 13.3. The molecule has 6 aromatic rings. The molecule has 4 aromatic carbocycles. The number of pyridine rings is 2. The van der Waals surface area contributed by atoms with E-state index in [2.05, 4.69) is 9.97 Å². The van der Waals surface area contributed by atoms with Gasteiger partial charge in [-0.3, -0.25) is 19.8 Å². The Morgan fingerprint density at radius 3 is 1.11 bits per heavy atom. The molecule has 1 aliphatic carbocycles. The molecule has 2 aromatic heterocycles. The van der Waals surface area contributed by atoms with Crippen molar-refractivity contribution < 1.29 is 43.9 Å². The summed E-state index contributed by atoms with van der Waals surface area (Å²) in [5.74, 6) is -21.2. The predicted molar refractivity (Wildman–Crippen MR) is 180 cm³/mol. The van der Waals surface area contributed by atoms with E-state index in [4.69, 9.17) is 0 Å². The van der Waals surface area contributed by atoms with Crippen LogP contribution in [0.2, 0.25) is 0 Å². The fourth-order valence-corrected chi connectivity index (χ4v) is 7.32. The molecule has 0 saturated heterocycles. The van der Waals surface area contributed by atoms with Gasteiger partial charge in [-0.05, 0) is 37.1 Å². The topological polar surface area (TPSA) is 32.3 Å². The summed E-state index contributed by atoms with van der Waals surface area (Å²) in [6.07, 6.45) is 1.60. The minimum absolute atomic E-state index is 0.171. The van der Waals surface area contributed by atoms with Crippen LogP contribution < -0.4 is 0 Å². The highest BCUT2D eigenvalue weighted by Gasteiger charge is 2.38. The summed E-state index contributed by atoms with van der Waals surface area (Å²) in [5, 5.41) is 1.56. The highest BCUT2D eigenvalue weighted by atomic mass is 19.2. The summed E-state index contributed by atoms with van der Waals surface area (Å²) in [4.78, 5) is 12.3. The zero-order valence-electron chi connectivity index (χ0n) is 28.3. The summed E-state index contributed by atoms with van der Waals surface area (Å²) < 4.78 is 147. The van der Waals surface area contributed by atoms with Crippen LogP contribution in [0.25, 0.3) is 21.8 Å². The van der Waals surface area contributed by atoms with E-state index < -0.39 is 94.5 Å². The van der Waals surface area contributed by atoms with E-state index in [0.717, 1.165) is 10.8 Å². The van der Waals surface area contributed by atoms with Gasteiger partial charge in [-0.15, -0.1) is 0 Å². The number of para-hydroxylation sites is 2. The highest BCUT2D eigenvalue weighted by Crippen LogP contribution is 2.35. The Morgan fingerprint density at radius 2 is 0.741 bits per heavy atom. The van der Waals surface area contributed by atoms with E-state index in [1.165, 1.54) is 9.80 Å². The lowest BCUT2D eigenvalue weighted by atomic mass is 9.86. The van der Waals surface area contributed by atoms with Crippen molar-refractivity contribution in [1.29, 1.82) is 0 Å². The lowest BCUT2D eigenvalue weighted by Crippen LogP contribution is -2.53. The second-order valence-electron chi connectivity index (χ2n) is 13.3. The van der Waals surface area contributed by atoms with Gasteiger partial charge in [-0.25, -0.2) is 43.9 Å². The van der Waals surface area contributed by atoms with Crippen LogP contribution in [0.5, 0.6) is 0 Å². The maximum atomic E-state index is 15.3. The standard InChI is InChI=1S/C40H30F10N4/c41-31-25(32(42)36(46)39(49)35(31)45)19-53(17-23-15-13-21-7-1-3-9-27(21)51-23)29-11-5-6-12-30(29)54(18-24-16-14-22-8-2-4-10-28(22)52-24)20-26-33(43)37(47)40(50)38(48)34(26)44/h1-4,7-10,13-16,29-30H,5-6,11-12,17-20H2/t29-,30-/m1/s1. The van der Waals surface area contributed by atoms with Crippen LogP contribution in [0.4, 0.5) is 43.9 Å². The summed E-state index contributed by atoms with van der Waals surface area (Å²) in [6, 6.07) is 19.4. The fraction of sp³-hybridized carbons (Fsp3) is 0.250. The van der Waals surface area contributed by atoms with Gasteiger partial charge in [0.25, 0.3) is 0 Å². The van der Waals surface area contributed by atoms with E-state index in [1.54, 1.807) is 60.7 Å². The quantitative estimate of drug-likeness (QED) is 0.0792. The minimum Gasteiger partial charge on any atom is -0.289 e. The van der Waals surface area contributed by atoms with Crippen LogP contribution in [-0.4, -0.2) is 31.9 Å². The Bertz CT molecular complexity index is 2150. The van der Waals surface area contributed by atoms with Crippen molar-refractivity contribution in [2.45, 2.75) is 63.9 Å². The minimum atomic E-state index is -2.32. The maximum absolute atomic E-state index is 15.3. The van der Waals surface area contributed by atoms with Crippen molar-refractivity contribution >= 4 is 21.8 Å². The molecule has 0 N–H and O–H groups in total. The van der Waals surface area contributed by atoms with Gasteiger partial charge in [0, 0.05) is 60.2 Å². The molecule has 0 amide bonds. The van der Waals surface area contributed by atoms with Crippen LogP contribution in [0.15, 0.2) is 72.8 Å². The normalized spacial score (nSPS) is 16.3. The van der Waals surface area contributed by atoms with Crippen LogP contribution in [0.1, 0.15) is 48.2 Å². The first-order chi connectivity index (χ1) is 25.9. The third-order valence-electron chi connectivity index (χ3n) is 10.00. The molecule has 2 atom stereocenters. The first-order valence-corrected chi connectivity index (χ1v) is 17.1. The Labute approximate surface area is 302 Å². The lowest BCUT2D eigenvalue weighted by molar-refractivity contribution is 0.0259. The van der Waals surface area contributed by atoms with Crippen molar-refractivity contribution in [3.63, 3.8) is 0 Å². The monoisotopic (exact) mass is 756 g/mol. The van der Waals surface area contributed by atoms with Gasteiger partial charge in [-0.1, -0.05) is 61.4 Å². The Kier molecular flexibility index (Phi) is 10.6. The van der Waals surface area contributed by atoms with Gasteiger partial charge >= 0.3 is 0 Å². The number of aromatic nitrogens is 2. The van der Waals surface area contributed by atoms with Crippen molar-refractivity contribution in [2.75, 3.05) is 0 Å². The average Bonchev–Trinajstić information content (AvgIpc) is 3.20. The van der Waals surface area contributed by atoms with E-state index in [0.29, 0.717) is 35.3 Å². The molecule has 14 heteroatoms. The first kappa shape index (κ1) is 37.2. The molecule has 54 heavy (non-hydrogen) atoms. The summed E-state index contributed by atoms with van der Waals surface area (Å²) in [6.45, 7) is -1.94. The second kappa shape index (κ2) is 15.3. The predicted octanol–water partition coefficient (Wildman–Crippen LogP) is 10.2. The number of hydrogen-bond acceptors (Lipinski definition) is 4. The molecule has 280 valence electrons. The van der Waals surface area contributed by atoms with Crippen LogP contribution >= 0.6 is 0 Å². The number of halogens is 10. The molecule has 1 saturated carbocycles. The smallest absolute Gasteiger partial charge is 0.200 e. The van der Waals surface area contributed by atoms with Gasteiger partial charge in [0.05, 0.1) is 22.4 Å². The first-order valence-electron chi connectivity index (χ1n) is 17.1. The molecular weight excluding hydrogens is 726 g/mol. The molecular formula is C40H30F10N4. The molecule has 4 nitrogen and oxygen atoms in total. The van der Waals surface area contributed by atoms with Crippen LogP contribution in [-0.2, 0) is 26.2 Å². The maximum Gasteiger partial charge on any atom is 0.200 e. The van der Waals surface area contributed by atoms with Crippen molar-refractivity contribution in [1.82, 2.24) is 19.8 Å². The van der Waals surface area contributed by atoms with Gasteiger partial charge in [0.15, 0.2) is 46.5 Å². The number of hydrogen-bond donors (Lipinski definition) is 0. The van der Waals surface area contributed by atoms with Crippen molar-refractivity contribution in [3.8, 4) is 0 Å². The van der Waals surface area contributed by atoms with E-state index in [-0.39, 0.29) is 25.9 Å². The van der Waals surface area contributed by atoms with Gasteiger partial charge in [-0.2, -0.15) is 0 Å². The van der Waals surface area contributed by atoms with E-state index in [1.807, 2.05) is 12.1 Å². The van der Waals surface area contributed by atoms with Gasteiger partial charge in [0.1, 0.15) is 0 Å². The SMILES string of the molecule is Fc1c(F)c(F)c(CN(Cc2ccc3ccccc3n2)[C@@H]2CCCC[C@H]2N(Cc2ccc3ccccc3n2)Cc2c(F)c(F)c(F)c(F)c2F)c(F)c1F. The summed E-state index contributed by atoms with van der Waals surface area (Å²) in [7, 11) is 0. The zero-order valence-corrected chi connectivity index (χ0v) is 28.3. The highest BCUT2D eigenvalue weighted by molar-refractivity contribution is 5.79. The zero-order chi connectivity index (χ0) is 38.3. The molecule has 0 spiro atoms. The van der Waals surface area contributed by atoms with Gasteiger partial charge in [0.2, 0.25) is 11.6 Å². The third kappa shape index (κ3) is 7.12. The number of rotatable bonds is 10. The molecule has 1 fully saturated rings. The van der Waals surface area contributed by atoms with Crippen molar-refractivity contribution in [3.05, 3.63) is 153 Å². The number of fused-ring (bicyclic) bond motifs is 2. The Balaban J connectivity index is 1.34. The van der Waals surface area contributed by atoms with E-state index >= 15 is 17.6 Å². The molecule has 1 aliphatic rings. The van der Waals surface area contributed by atoms with Gasteiger partial charge < -0.3 is 0 Å². The molecule has 0 bridgehead atoms. The molecule has 0 radical (unpaired) electrons. The van der Waals surface area contributed by atoms with Crippen LogP contribution in [0.3, 0.4) is 0 Å². The molecule has 7 rings (SSSR count). The fourth-order valence-electron chi connectivity index (χ4n) is 7.32. The molecule has 2 heterocycles. The Hall–Kier alpha value is -5.08. The number of nitrogens with zero attached hydrogens (tertiary/aromatic N) is 4. The van der Waals surface area contributed by atoms with E-state index in [9.17, 15) is 26.3 Å². The lowest BCUT2D eigenvalue weighted by Gasteiger charge is -2.45. The molecule has 0 unspecified atom stereocenters. The average molecular weight is 757 g/mol. The summed E-state index contributed by atoms with van der Waals surface area (Å²) >= 11 is 0. The molecule has 0 aliphatic heterocycles. The Morgan fingerprint density at radius 1 is 0.407 bits per heavy atom. The summed E-state index contributed by atoms with van der Waals surface area (Å²) in [5.41, 5.74) is -0.296. The third-order valence-corrected chi connectivity index (χ3v) is 10.00. The van der Waals surface area contributed by atoms with Crippen LogP contribution in [0, 0.1) is 58.2 Å². The number of benzene rings is 4.